The van der Waals surface area contributed by atoms with Crippen LogP contribution in [0.1, 0.15) is 5.76 Å². The predicted molar refractivity (Wildman–Crippen MR) is 54.8 cm³/mol. The van der Waals surface area contributed by atoms with E-state index in [1.54, 1.807) is 24.2 Å². The molecule has 0 aliphatic heterocycles. The molecule has 0 atom stereocenters. The summed E-state index contributed by atoms with van der Waals surface area (Å²) in [6, 6.07) is 3.83. The maximum atomic E-state index is 5.55. The summed E-state index contributed by atoms with van der Waals surface area (Å²) in [6.07, 6.45) is 3.35. The van der Waals surface area contributed by atoms with E-state index in [-0.39, 0.29) is 0 Å². The monoisotopic (exact) mass is 212 g/mol. The Bertz CT molecular complexity index is 369. The van der Waals surface area contributed by atoms with Gasteiger partial charge in [0.2, 0.25) is 0 Å². The Morgan fingerprint density at radius 1 is 1.62 bits per heavy atom. The van der Waals surface area contributed by atoms with Gasteiger partial charge in [-0.25, -0.2) is 4.98 Å². The van der Waals surface area contributed by atoms with Gasteiger partial charge in [0.05, 0.1) is 18.2 Å². The van der Waals surface area contributed by atoms with Gasteiger partial charge in [-0.2, -0.15) is 0 Å². The summed E-state index contributed by atoms with van der Waals surface area (Å²) in [5.41, 5.74) is 5.55. The number of furan rings is 1. The van der Waals surface area contributed by atoms with E-state index < -0.39 is 0 Å². The van der Waals surface area contributed by atoms with Crippen LogP contribution >= 0.6 is 23.1 Å². The predicted octanol–water partition coefficient (Wildman–Crippen LogP) is 2.61. The number of rotatable bonds is 3. The third-order valence-electron chi connectivity index (χ3n) is 1.42. The molecule has 3 nitrogen and oxygen atoms in total. The van der Waals surface area contributed by atoms with E-state index in [0.717, 1.165) is 20.9 Å². The van der Waals surface area contributed by atoms with Crippen LogP contribution in [0, 0.1) is 0 Å². The third kappa shape index (κ3) is 2.26. The zero-order chi connectivity index (χ0) is 9.10. The number of anilines is 1. The minimum absolute atomic E-state index is 0.752. The second kappa shape index (κ2) is 3.85. The summed E-state index contributed by atoms with van der Waals surface area (Å²) in [7, 11) is 0. The quantitative estimate of drug-likeness (QED) is 0.794. The second-order valence-corrected chi connectivity index (χ2v) is 4.68. The lowest BCUT2D eigenvalue weighted by molar-refractivity contribution is 0.530. The van der Waals surface area contributed by atoms with Gasteiger partial charge in [0, 0.05) is 0 Å². The SMILES string of the molecule is Nc1cnc(SCc2ccco2)s1. The fourth-order valence-corrected chi connectivity index (χ4v) is 2.53. The molecule has 68 valence electrons. The highest BCUT2D eigenvalue weighted by atomic mass is 32.2. The molecule has 2 rings (SSSR count). The van der Waals surface area contributed by atoms with Crippen molar-refractivity contribution in [1.29, 1.82) is 0 Å². The molecule has 2 N–H and O–H groups in total. The standard InChI is InChI=1S/C8H8N2OS2/c9-7-4-10-8(13-7)12-5-6-2-1-3-11-6/h1-4H,5,9H2. The molecule has 5 heteroatoms. The van der Waals surface area contributed by atoms with E-state index >= 15 is 0 Å². The molecule has 0 fully saturated rings. The second-order valence-electron chi connectivity index (χ2n) is 2.40. The minimum atomic E-state index is 0.752. The van der Waals surface area contributed by atoms with Crippen LogP contribution < -0.4 is 5.73 Å². The van der Waals surface area contributed by atoms with Crippen molar-refractivity contribution in [3.63, 3.8) is 0 Å². The molecule has 0 bridgehead atoms. The van der Waals surface area contributed by atoms with Gasteiger partial charge in [-0.15, -0.1) is 0 Å². The smallest absolute Gasteiger partial charge is 0.152 e. The fraction of sp³-hybridized carbons (Fsp3) is 0.125. The fourth-order valence-electron chi connectivity index (χ4n) is 0.864. The van der Waals surface area contributed by atoms with Crippen molar-refractivity contribution in [1.82, 2.24) is 4.98 Å². The maximum absolute atomic E-state index is 5.55. The van der Waals surface area contributed by atoms with Crippen LogP contribution in [0.15, 0.2) is 33.3 Å². The van der Waals surface area contributed by atoms with E-state index in [2.05, 4.69) is 4.98 Å². The molecule has 0 saturated heterocycles. The van der Waals surface area contributed by atoms with Crippen LogP contribution in [-0.4, -0.2) is 4.98 Å². The van der Waals surface area contributed by atoms with Gasteiger partial charge >= 0.3 is 0 Å². The molecule has 0 spiro atoms. The summed E-state index contributed by atoms with van der Waals surface area (Å²) in [5.74, 6) is 1.76. The van der Waals surface area contributed by atoms with Crippen molar-refractivity contribution in [3.05, 3.63) is 30.4 Å². The number of thioether (sulfide) groups is 1. The highest BCUT2D eigenvalue weighted by molar-refractivity contribution is 8.00. The Labute approximate surface area is 84.0 Å². The van der Waals surface area contributed by atoms with Gasteiger partial charge in [0.25, 0.3) is 0 Å². The Hall–Kier alpha value is -0.940. The van der Waals surface area contributed by atoms with E-state index in [9.17, 15) is 0 Å². The summed E-state index contributed by atoms with van der Waals surface area (Å²) in [5, 5.41) is 0.752. The molecule has 13 heavy (non-hydrogen) atoms. The van der Waals surface area contributed by atoms with Crippen molar-refractivity contribution < 1.29 is 4.42 Å². The number of nitrogens with two attached hydrogens (primary N) is 1. The summed E-state index contributed by atoms with van der Waals surface area (Å²) in [6.45, 7) is 0. The van der Waals surface area contributed by atoms with Crippen molar-refractivity contribution in [2.24, 2.45) is 0 Å². The Kier molecular flexibility index (Phi) is 2.56. The molecule has 0 saturated carbocycles. The van der Waals surface area contributed by atoms with Crippen LogP contribution in [0.25, 0.3) is 0 Å². The zero-order valence-corrected chi connectivity index (χ0v) is 8.40. The lowest BCUT2D eigenvalue weighted by Gasteiger charge is -1.91. The number of hydrogen-bond donors (Lipinski definition) is 1. The summed E-state index contributed by atoms with van der Waals surface area (Å²) >= 11 is 3.13. The number of nitrogens with zero attached hydrogens (tertiary/aromatic N) is 1. The van der Waals surface area contributed by atoms with Crippen molar-refractivity contribution in [2.75, 3.05) is 5.73 Å². The zero-order valence-electron chi connectivity index (χ0n) is 6.77. The molecule has 0 aromatic carbocycles. The average molecular weight is 212 g/mol. The first kappa shape index (κ1) is 8.65. The Morgan fingerprint density at radius 3 is 3.15 bits per heavy atom. The van der Waals surface area contributed by atoms with Crippen LogP contribution in [-0.2, 0) is 5.75 Å². The molecule has 0 aliphatic rings. The van der Waals surface area contributed by atoms with Crippen molar-refractivity contribution >= 4 is 28.1 Å². The highest BCUT2D eigenvalue weighted by Crippen LogP contribution is 2.28. The molecule has 0 unspecified atom stereocenters. The van der Waals surface area contributed by atoms with Gasteiger partial charge in [-0.05, 0) is 12.1 Å². The average Bonchev–Trinajstić information content (AvgIpc) is 2.71. The van der Waals surface area contributed by atoms with E-state index in [1.165, 1.54) is 11.3 Å². The lowest BCUT2D eigenvalue weighted by Crippen LogP contribution is -1.73. The van der Waals surface area contributed by atoms with Crippen LogP contribution in [0.5, 0.6) is 0 Å². The summed E-state index contributed by atoms with van der Waals surface area (Å²) in [4.78, 5) is 4.13. The largest absolute Gasteiger partial charge is 0.468 e. The van der Waals surface area contributed by atoms with E-state index in [1.807, 2.05) is 12.1 Å². The number of thiazole rings is 1. The van der Waals surface area contributed by atoms with Gasteiger partial charge < -0.3 is 10.2 Å². The Balaban J connectivity index is 1.93. The van der Waals surface area contributed by atoms with E-state index in [0.29, 0.717) is 0 Å². The first-order chi connectivity index (χ1) is 6.34. The van der Waals surface area contributed by atoms with Crippen LogP contribution in [0.2, 0.25) is 0 Å². The molecule has 0 amide bonds. The highest BCUT2D eigenvalue weighted by Gasteiger charge is 2.01. The number of hydrogen-bond acceptors (Lipinski definition) is 5. The molecule has 2 aromatic rings. The molecular formula is C8H8N2OS2. The van der Waals surface area contributed by atoms with Gasteiger partial charge in [-0.1, -0.05) is 23.1 Å². The number of nitrogen functional groups attached to an aromatic ring is 1. The van der Waals surface area contributed by atoms with E-state index in [4.69, 9.17) is 10.2 Å². The number of aromatic nitrogens is 1. The topological polar surface area (TPSA) is 52.0 Å². The molecular weight excluding hydrogens is 204 g/mol. The third-order valence-corrected chi connectivity index (χ3v) is 3.43. The van der Waals surface area contributed by atoms with Crippen molar-refractivity contribution in [3.8, 4) is 0 Å². The van der Waals surface area contributed by atoms with Gasteiger partial charge in [0.15, 0.2) is 4.34 Å². The van der Waals surface area contributed by atoms with Crippen LogP contribution in [0.3, 0.4) is 0 Å². The first-order valence-corrected chi connectivity index (χ1v) is 5.51. The van der Waals surface area contributed by atoms with Gasteiger partial charge in [-0.3, -0.25) is 0 Å². The minimum Gasteiger partial charge on any atom is -0.468 e. The molecule has 2 aromatic heterocycles. The molecule has 2 heterocycles. The lowest BCUT2D eigenvalue weighted by atomic mass is 10.5. The first-order valence-electron chi connectivity index (χ1n) is 3.71. The molecule has 0 aliphatic carbocycles. The summed E-state index contributed by atoms with van der Waals surface area (Å²) < 4.78 is 6.17. The van der Waals surface area contributed by atoms with Gasteiger partial charge in [0.1, 0.15) is 10.8 Å². The Morgan fingerprint density at radius 2 is 2.54 bits per heavy atom. The van der Waals surface area contributed by atoms with Crippen molar-refractivity contribution in [2.45, 2.75) is 10.1 Å². The molecule has 0 radical (unpaired) electrons. The maximum Gasteiger partial charge on any atom is 0.152 e. The normalized spacial score (nSPS) is 10.5. The van der Waals surface area contributed by atoms with Crippen LogP contribution in [0.4, 0.5) is 5.00 Å².